The molecule has 0 N–H and O–H groups in total. The number of para-hydroxylation sites is 2. The van der Waals surface area contributed by atoms with Gasteiger partial charge in [0.15, 0.2) is 11.2 Å². The van der Waals surface area contributed by atoms with Crippen molar-refractivity contribution in [2.75, 3.05) is 4.90 Å². The normalized spacial score (nSPS) is 11.6. The fourth-order valence-electron chi connectivity index (χ4n) is 9.19. The van der Waals surface area contributed by atoms with Crippen LogP contribution >= 0.6 is 0 Å². The Bertz CT molecular complexity index is 3570. The zero-order valence-electron chi connectivity index (χ0n) is 33.1. The molecular formula is C58H37NO2. The van der Waals surface area contributed by atoms with Gasteiger partial charge in [-0.15, -0.1) is 0 Å². The second-order valence-electron chi connectivity index (χ2n) is 15.6. The van der Waals surface area contributed by atoms with E-state index in [1.807, 2.05) is 12.1 Å². The molecule has 3 heteroatoms. The van der Waals surface area contributed by atoms with E-state index in [0.717, 1.165) is 99.5 Å². The van der Waals surface area contributed by atoms with Crippen LogP contribution < -0.4 is 4.90 Å². The summed E-state index contributed by atoms with van der Waals surface area (Å²) in [6, 6.07) is 79.7. The van der Waals surface area contributed by atoms with E-state index in [0.29, 0.717) is 0 Å². The fraction of sp³-hybridized carbons (Fsp3) is 0. The maximum atomic E-state index is 7.36. The first kappa shape index (κ1) is 34.9. The minimum atomic E-state index is 0.803. The third-order valence-corrected chi connectivity index (χ3v) is 12.1. The van der Waals surface area contributed by atoms with Crippen molar-refractivity contribution in [2.24, 2.45) is 0 Å². The number of benzene rings is 10. The molecule has 0 bridgehead atoms. The van der Waals surface area contributed by atoms with Crippen LogP contribution in [0.3, 0.4) is 0 Å². The van der Waals surface area contributed by atoms with Gasteiger partial charge in [0.05, 0.1) is 11.4 Å². The quantitative estimate of drug-likeness (QED) is 0.161. The van der Waals surface area contributed by atoms with E-state index in [1.54, 1.807) is 0 Å². The summed E-state index contributed by atoms with van der Waals surface area (Å²) in [6.07, 6.45) is 0. The second kappa shape index (κ2) is 14.3. The lowest BCUT2D eigenvalue weighted by atomic mass is 9.93. The molecule has 12 aromatic rings. The first-order chi connectivity index (χ1) is 30.3. The summed E-state index contributed by atoms with van der Waals surface area (Å²) in [4.78, 5) is 2.35. The summed E-state index contributed by atoms with van der Waals surface area (Å²) in [7, 11) is 0. The second-order valence-corrected chi connectivity index (χ2v) is 15.6. The number of fused-ring (bicyclic) bond motifs is 8. The number of hydrogen-bond acceptors (Lipinski definition) is 3. The Morgan fingerprint density at radius 1 is 0.279 bits per heavy atom. The van der Waals surface area contributed by atoms with E-state index >= 15 is 0 Å². The molecule has 2 aromatic heterocycles. The highest BCUT2D eigenvalue weighted by molar-refractivity contribution is 6.23. The molecule has 286 valence electrons. The fourth-order valence-corrected chi connectivity index (χ4v) is 9.19. The predicted molar refractivity (Wildman–Crippen MR) is 255 cm³/mol. The predicted octanol–water partition coefficient (Wildman–Crippen LogP) is 16.8. The van der Waals surface area contributed by atoms with E-state index in [-0.39, 0.29) is 0 Å². The molecule has 0 atom stereocenters. The molecule has 0 aliphatic carbocycles. The van der Waals surface area contributed by atoms with Crippen LogP contribution in [0, 0.1) is 0 Å². The van der Waals surface area contributed by atoms with Crippen molar-refractivity contribution in [3.8, 4) is 44.5 Å². The average Bonchev–Trinajstić information content (AvgIpc) is 3.92. The van der Waals surface area contributed by atoms with Gasteiger partial charge in [0.2, 0.25) is 0 Å². The van der Waals surface area contributed by atoms with Gasteiger partial charge in [-0.3, -0.25) is 0 Å². The van der Waals surface area contributed by atoms with E-state index < -0.39 is 0 Å². The first-order valence-electron chi connectivity index (χ1n) is 20.7. The van der Waals surface area contributed by atoms with Crippen LogP contribution in [0.15, 0.2) is 233 Å². The van der Waals surface area contributed by atoms with Gasteiger partial charge in [-0.1, -0.05) is 182 Å². The average molecular weight is 780 g/mol. The maximum Gasteiger partial charge on any atom is 0.160 e. The van der Waals surface area contributed by atoms with E-state index in [1.165, 1.54) is 16.7 Å². The van der Waals surface area contributed by atoms with Gasteiger partial charge in [0.25, 0.3) is 0 Å². The smallest absolute Gasteiger partial charge is 0.160 e. The number of rotatable bonds is 7. The van der Waals surface area contributed by atoms with Crippen molar-refractivity contribution in [1.29, 1.82) is 0 Å². The number of nitrogens with zero attached hydrogens (tertiary/aromatic N) is 1. The molecule has 0 radical (unpaired) electrons. The maximum absolute atomic E-state index is 7.36. The van der Waals surface area contributed by atoms with Gasteiger partial charge >= 0.3 is 0 Å². The Morgan fingerprint density at radius 2 is 0.820 bits per heavy atom. The van der Waals surface area contributed by atoms with Gasteiger partial charge in [-0.25, -0.2) is 0 Å². The molecule has 0 fully saturated rings. The van der Waals surface area contributed by atoms with Crippen LogP contribution in [-0.4, -0.2) is 0 Å². The molecule has 10 aromatic carbocycles. The lowest BCUT2D eigenvalue weighted by Gasteiger charge is -2.28. The minimum absolute atomic E-state index is 0.803. The van der Waals surface area contributed by atoms with E-state index in [2.05, 4.69) is 217 Å². The van der Waals surface area contributed by atoms with Gasteiger partial charge in [-0.05, 0) is 86.8 Å². The zero-order valence-corrected chi connectivity index (χ0v) is 33.1. The molecule has 0 saturated heterocycles. The Labute approximate surface area is 353 Å². The Hall–Kier alpha value is -8.14. The van der Waals surface area contributed by atoms with Gasteiger partial charge in [-0.2, -0.15) is 0 Å². The van der Waals surface area contributed by atoms with Crippen molar-refractivity contribution in [3.63, 3.8) is 0 Å². The largest absolute Gasteiger partial charge is 0.454 e. The summed E-state index contributed by atoms with van der Waals surface area (Å²) < 4.78 is 14.2. The van der Waals surface area contributed by atoms with Crippen molar-refractivity contribution in [1.82, 2.24) is 0 Å². The van der Waals surface area contributed by atoms with Crippen LogP contribution in [0.5, 0.6) is 0 Å². The van der Waals surface area contributed by atoms with Crippen LogP contribution in [-0.2, 0) is 0 Å². The molecular weight excluding hydrogens is 743 g/mol. The molecule has 0 saturated carbocycles. The van der Waals surface area contributed by atoms with Gasteiger partial charge < -0.3 is 13.7 Å². The van der Waals surface area contributed by atoms with Gasteiger partial charge in [0.1, 0.15) is 11.2 Å². The Kier molecular flexibility index (Phi) is 8.17. The molecule has 0 aliphatic heterocycles. The lowest BCUT2D eigenvalue weighted by Crippen LogP contribution is -2.12. The van der Waals surface area contributed by atoms with E-state index in [4.69, 9.17) is 8.83 Å². The van der Waals surface area contributed by atoms with Crippen LogP contribution in [0.2, 0.25) is 0 Å². The Morgan fingerprint density at radius 3 is 1.57 bits per heavy atom. The highest BCUT2D eigenvalue weighted by Crippen LogP contribution is 2.51. The highest BCUT2D eigenvalue weighted by atomic mass is 16.3. The lowest BCUT2D eigenvalue weighted by molar-refractivity contribution is 0.667. The van der Waals surface area contributed by atoms with Crippen LogP contribution in [0.1, 0.15) is 0 Å². The number of furan rings is 2. The van der Waals surface area contributed by atoms with Crippen molar-refractivity contribution < 1.29 is 8.83 Å². The van der Waals surface area contributed by atoms with Crippen LogP contribution in [0.25, 0.3) is 99.2 Å². The number of hydrogen-bond donors (Lipinski definition) is 0. The molecule has 0 amide bonds. The summed E-state index contributed by atoms with van der Waals surface area (Å²) in [5.74, 6) is 0. The molecule has 61 heavy (non-hydrogen) atoms. The molecule has 2 heterocycles. The standard InChI is InChI=1S/C58H37NO2/c1-4-16-38(17-5-1)40-30-32-44(33-31-40)59(53-28-15-27-49-47-25-12-13-29-54(47)60-57(49)53)55-45(41-20-8-3-9-21-41)34-35-50-52-37-51(46-24-10-11-26-48(46)56(52)61-58(50)55)43-23-14-22-42(36-43)39-18-6-2-7-19-39/h1-37H. The monoisotopic (exact) mass is 779 g/mol. The third-order valence-electron chi connectivity index (χ3n) is 12.1. The summed E-state index contributed by atoms with van der Waals surface area (Å²) in [6.45, 7) is 0. The summed E-state index contributed by atoms with van der Waals surface area (Å²) in [5, 5.41) is 6.46. The molecule has 0 unspecified atom stereocenters. The van der Waals surface area contributed by atoms with Crippen molar-refractivity contribution in [2.45, 2.75) is 0 Å². The molecule has 0 aliphatic rings. The summed E-state index contributed by atoms with van der Waals surface area (Å²) >= 11 is 0. The molecule has 12 rings (SSSR count). The highest BCUT2D eigenvalue weighted by Gasteiger charge is 2.27. The summed E-state index contributed by atoms with van der Waals surface area (Å²) in [5.41, 5.74) is 15.3. The Balaban J connectivity index is 1.17. The van der Waals surface area contributed by atoms with E-state index in [9.17, 15) is 0 Å². The topological polar surface area (TPSA) is 29.5 Å². The third kappa shape index (κ3) is 5.82. The van der Waals surface area contributed by atoms with Crippen molar-refractivity contribution in [3.05, 3.63) is 224 Å². The zero-order chi connectivity index (χ0) is 40.3. The van der Waals surface area contributed by atoms with Gasteiger partial charge in [0, 0.05) is 38.2 Å². The minimum Gasteiger partial charge on any atom is -0.454 e. The van der Waals surface area contributed by atoms with Crippen LogP contribution in [0.4, 0.5) is 17.1 Å². The number of anilines is 3. The SMILES string of the molecule is c1ccc(-c2ccc(N(c3cccc4c3oc3ccccc34)c3c(-c4ccccc4)ccc4c3oc3c5ccccc5c(-c5cccc(-c6ccccc6)c5)cc43)cc2)cc1. The molecule has 3 nitrogen and oxygen atoms in total. The van der Waals surface area contributed by atoms with Crippen molar-refractivity contribution >= 4 is 71.7 Å². The molecule has 0 spiro atoms. The first-order valence-corrected chi connectivity index (χ1v) is 20.7.